The van der Waals surface area contributed by atoms with Crippen LogP contribution in [0.3, 0.4) is 0 Å². The van der Waals surface area contributed by atoms with Crippen molar-refractivity contribution >= 4 is 15.9 Å². The monoisotopic (exact) mass is 335 g/mol. The highest BCUT2D eigenvalue weighted by Gasteiger charge is 2.01. The van der Waals surface area contributed by atoms with Gasteiger partial charge in [0.25, 0.3) is 0 Å². The van der Waals surface area contributed by atoms with Gasteiger partial charge in [-0.25, -0.2) is 0 Å². The molecule has 0 fully saturated rings. The number of nitrogens with zero attached hydrogens (tertiary/aromatic N) is 2. The molecule has 0 saturated heterocycles. The number of rotatable bonds is 6. The van der Waals surface area contributed by atoms with Crippen LogP contribution in [0.25, 0.3) is 0 Å². The Morgan fingerprint density at radius 3 is 2.45 bits per heavy atom. The third kappa shape index (κ3) is 4.90. The van der Waals surface area contributed by atoms with Crippen LogP contribution in [0.5, 0.6) is 5.88 Å². The summed E-state index contributed by atoms with van der Waals surface area (Å²) in [7, 11) is 0. The summed E-state index contributed by atoms with van der Waals surface area (Å²) in [5.74, 6) is 0.543. The Morgan fingerprint density at radius 2 is 1.85 bits per heavy atom. The lowest BCUT2D eigenvalue weighted by atomic mass is 10.2. The molecule has 0 aliphatic rings. The van der Waals surface area contributed by atoms with Crippen molar-refractivity contribution in [3.63, 3.8) is 0 Å². The molecule has 1 heterocycles. The fraction of sp³-hybridized carbons (Fsp3) is 0.333. The first-order valence-corrected chi connectivity index (χ1v) is 7.36. The van der Waals surface area contributed by atoms with E-state index in [1.54, 1.807) is 0 Å². The maximum absolute atomic E-state index is 5.60. The summed E-state index contributed by atoms with van der Waals surface area (Å²) in [5.41, 5.74) is 2.01. The molecule has 20 heavy (non-hydrogen) atoms. The molecule has 1 aromatic heterocycles. The number of hydrogen-bond donors (Lipinski definition) is 1. The van der Waals surface area contributed by atoms with E-state index in [0.29, 0.717) is 18.5 Å². The fourth-order valence-corrected chi connectivity index (χ4v) is 1.83. The molecule has 2 rings (SSSR count). The third-order valence-corrected chi connectivity index (χ3v) is 3.22. The summed E-state index contributed by atoms with van der Waals surface area (Å²) in [6.45, 7) is 5.41. The molecule has 5 heteroatoms. The van der Waals surface area contributed by atoms with Crippen molar-refractivity contribution in [2.24, 2.45) is 0 Å². The van der Waals surface area contributed by atoms with Crippen molar-refractivity contribution < 1.29 is 4.74 Å². The summed E-state index contributed by atoms with van der Waals surface area (Å²) >= 11 is 3.41. The average molecular weight is 336 g/mol. The summed E-state index contributed by atoms with van der Waals surface area (Å²) < 4.78 is 6.66. The van der Waals surface area contributed by atoms with Gasteiger partial charge in [0.2, 0.25) is 5.88 Å². The van der Waals surface area contributed by atoms with Crippen molar-refractivity contribution in [1.82, 2.24) is 15.5 Å². The van der Waals surface area contributed by atoms with Crippen molar-refractivity contribution in [3.05, 3.63) is 52.1 Å². The van der Waals surface area contributed by atoms with Gasteiger partial charge in [-0.05, 0) is 23.8 Å². The van der Waals surface area contributed by atoms with E-state index in [2.05, 4.69) is 45.3 Å². The second-order valence-electron chi connectivity index (χ2n) is 4.81. The van der Waals surface area contributed by atoms with Crippen LogP contribution >= 0.6 is 15.9 Å². The van der Waals surface area contributed by atoms with Gasteiger partial charge in [-0.15, -0.1) is 5.10 Å². The minimum atomic E-state index is 0.435. The summed E-state index contributed by atoms with van der Waals surface area (Å²) in [6, 6.07) is 12.2. The maximum atomic E-state index is 5.60. The number of hydrogen-bond acceptors (Lipinski definition) is 4. The molecular formula is C15H18BrN3O. The van der Waals surface area contributed by atoms with Crippen molar-refractivity contribution in [2.75, 3.05) is 0 Å². The molecule has 0 unspecified atom stereocenters. The molecule has 0 saturated carbocycles. The zero-order valence-corrected chi connectivity index (χ0v) is 13.2. The van der Waals surface area contributed by atoms with Gasteiger partial charge < -0.3 is 10.1 Å². The van der Waals surface area contributed by atoms with E-state index in [-0.39, 0.29) is 0 Å². The Labute approximate surface area is 127 Å². The number of ether oxygens (including phenoxy) is 1. The zero-order chi connectivity index (χ0) is 14.4. The molecule has 0 bridgehead atoms. The van der Waals surface area contributed by atoms with Crippen LogP contribution in [0.2, 0.25) is 0 Å². The van der Waals surface area contributed by atoms with E-state index >= 15 is 0 Å². The molecule has 0 spiro atoms. The van der Waals surface area contributed by atoms with Gasteiger partial charge in [0.05, 0.1) is 5.69 Å². The third-order valence-electron chi connectivity index (χ3n) is 2.69. The smallest absolute Gasteiger partial charge is 0.233 e. The highest BCUT2D eigenvalue weighted by molar-refractivity contribution is 9.10. The molecular weight excluding hydrogens is 318 g/mol. The molecule has 1 aromatic carbocycles. The SMILES string of the molecule is CC(C)NCc1ccc(OCc2ccc(Br)cc2)nn1. The number of benzene rings is 1. The first-order chi connectivity index (χ1) is 9.63. The summed E-state index contributed by atoms with van der Waals surface area (Å²) in [6.07, 6.45) is 0. The van der Waals surface area contributed by atoms with E-state index in [9.17, 15) is 0 Å². The van der Waals surface area contributed by atoms with E-state index in [1.807, 2.05) is 36.4 Å². The lowest BCUT2D eigenvalue weighted by Crippen LogP contribution is -2.22. The Hall–Kier alpha value is -1.46. The van der Waals surface area contributed by atoms with Crippen LogP contribution in [-0.2, 0) is 13.2 Å². The second-order valence-corrected chi connectivity index (χ2v) is 5.73. The molecule has 4 nitrogen and oxygen atoms in total. The molecule has 0 aliphatic carbocycles. The maximum Gasteiger partial charge on any atom is 0.233 e. The quantitative estimate of drug-likeness (QED) is 0.879. The standard InChI is InChI=1S/C15H18BrN3O/c1-11(2)17-9-14-7-8-15(19-18-14)20-10-12-3-5-13(16)6-4-12/h3-8,11,17H,9-10H2,1-2H3. The number of aromatic nitrogens is 2. The normalized spacial score (nSPS) is 10.8. The van der Waals surface area contributed by atoms with Crippen molar-refractivity contribution in [1.29, 1.82) is 0 Å². The first-order valence-electron chi connectivity index (χ1n) is 6.57. The van der Waals surface area contributed by atoms with E-state index < -0.39 is 0 Å². The van der Waals surface area contributed by atoms with Crippen LogP contribution < -0.4 is 10.1 Å². The Morgan fingerprint density at radius 1 is 1.10 bits per heavy atom. The fourth-order valence-electron chi connectivity index (χ4n) is 1.57. The van der Waals surface area contributed by atoms with Gasteiger partial charge in [-0.3, -0.25) is 0 Å². The van der Waals surface area contributed by atoms with Gasteiger partial charge in [0, 0.05) is 23.1 Å². The minimum absolute atomic E-state index is 0.435. The average Bonchev–Trinajstić information content (AvgIpc) is 2.45. The first kappa shape index (κ1) is 14.9. The predicted molar refractivity (Wildman–Crippen MR) is 82.5 cm³/mol. The van der Waals surface area contributed by atoms with Gasteiger partial charge in [-0.2, -0.15) is 5.10 Å². The Kier molecular flexibility index (Phi) is 5.49. The van der Waals surface area contributed by atoms with Crippen LogP contribution in [0, 0.1) is 0 Å². The van der Waals surface area contributed by atoms with Crippen molar-refractivity contribution in [2.45, 2.75) is 33.0 Å². The molecule has 106 valence electrons. The highest BCUT2D eigenvalue weighted by Crippen LogP contribution is 2.13. The van der Waals surface area contributed by atoms with E-state index in [4.69, 9.17) is 4.74 Å². The largest absolute Gasteiger partial charge is 0.472 e. The number of nitrogens with one attached hydrogen (secondary N) is 1. The second kappa shape index (κ2) is 7.36. The molecule has 1 N–H and O–H groups in total. The highest BCUT2D eigenvalue weighted by atomic mass is 79.9. The van der Waals surface area contributed by atoms with Crippen LogP contribution in [-0.4, -0.2) is 16.2 Å². The van der Waals surface area contributed by atoms with Gasteiger partial charge >= 0.3 is 0 Å². The van der Waals surface area contributed by atoms with E-state index in [0.717, 1.165) is 22.3 Å². The van der Waals surface area contributed by atoms with Gasteiger partial charge in [-0.1, -0.05) is 41.9 Å². The molecule has 0 radical (unpaired) electrons. The van der Waals surface area contributed by atoms with Crippen molar-refractivity contribution in [3.8, 4) is 5.88 Å². The summed E-state index contributed by atoms with van der Waals surface area (Å²) in [4.78, 5) is 0. The van der Waals surface area contributed by atoms with Crippen LogP contribution in [0.4, 0.5) is 0 Å². The van der Waals surface area contributed by atoms with Crippen LogP contribution in [0.1, 0.15) is 25.1 Å². The topological polar surface area (TPSA) is 47.0 Å². The lowest BCUT2D eigenvalue weighted by molar-refractivity contribution is 0.289. The molecule has 0 aliphatic heterocycles. The Balaban J connectivity index is 1.85. The van der Waals surface area contributed by atoms with E-state index in [1.165, 1.54) is 0 Å². The van der Waals surface area contributed by atoms with Gasteiger partial charge in [0.1, 0.15) is 6.61 Å². The molecule has 0 amide bonds. The molecule has 0 atom stereocenters. The van der Waals surface area contributed by atoms with Crippen LogP contribution in [0.15, 0.2) is 40.9 Å². The minimum Gasteiger partial charge on any atom is -0.472 e. The number of halogens is 1. The predicted octanol–water partition coefficient (Wildman–Crippen LogP) is 3.32. The lowest BCUT2D eigenvalue weighted by Gasteiger charge is -2.08. The molecule has 2 aromatic rings. The van der Waals surface area contributed by atoms with Gasteiger partial charge in [0.15, 0.2) is 0 Å². The summed E-state index contributed by atoms with van der Waals surface area (Å²) in [5, 5.41) is 11.5. The Bertz CT molecular complexity index is 526. The zero-order valence-electron chi connectivity index (χ0n) is 11.6.